The Kier molecular flexibility index (Phi) is 5.94. The lowest BCUT2D eigenvalue weighted by atomic mass is 10.2. The minimum Gasteiger partial charge on any atom is -0.497 e. The normalized spacial score (nSPS) is 9.89. The number of esters is 1. The Labute approximate surface area is 107 Å². The highest BCUT2D eigenvalue weighted by Gasteiger charge is 2.00. The van der Waals surface area contributed by atoms with E-state index >= 15 is 0 Å². The molecule has 1 rings (SSSR count). The zero-order valence-electron chi connectivity index (χ0n) is 10.8. The van der Waals surface area contributed by atoms with Crippen LogP contribution in [-0.2, 0) is 20.9 Å². The van der Waals surface area contributed by atoms with E-state index in [-0.39, 0.29) is 5.97 Å². The molecule has 0 atom stereocenters. The van der Waals surface area contributed by atoms with Crippen molar-refractivity contribution in [2.75, 3.05) is 13.7 Å². The summed E-state index contributed by atoms with van der Waals surface area (Å²) in [6, 6.07) is 7.66. The summed E-state index contributed by atoms with van der Waals surface area (Å²) < 4.78 is 15.3. The highest BCUT2D eigenvalue weighted by Crippen LogP contribution is 2.12. The predicted molar refractivity (Wildman–Crippen MR) is 68.2 cm³/mol. The Morgan fingerprint density at radius 1 is 1.28 bits per heavy atom. The molecule has 18 heavy (non-hydrogen) atoms. The fourth-order valence-corrected chi connectivity index (χ4v) is 1.35. The molecule has 1 aromatic rings. The first-order chi connectivity index (χ1) is 8.61. The fourth-order valence-electron chi connectivity index (χ4n) is 1.35. The molecular weight excluding hydrogens is 232 g/mol. The number of hydrogen-bond acceptors (Lipinski definition) is 4. The third-order valence-corrected chi connectivity index (χ3v) is 2.24. The van der Waals surface area contributed by atoms with Gasteiger partial charge in [-0.3, -0.25) is 4.79 Å². The molecule has 0 unspecified atom stereocenters. The minimum absolute atomic E-state index is 0.352. The zero-order valence-corrected chi connectivity index (χ0v) is 10.8. The van der Waals surface area contributed by atoms with Gasteiger partial charge in [0.15, 0.2) is 0 Å². The van der Waals surface area contributed by atoms with Gasteiger partial charge in [-0.15, -0.1) is 0 Å². The van der Waals surface area contributed by atoms with Gasteiger partial charge in [0, 0.05) is 13.3 Å². The van der Waals surface area contributed by atoms with Gasteiger partial charge in [0.2, 0.25) is 0 Å². The first kappa shape index (κ1) is 14.3. The summed E-state index contributed by atoms with van der Waals surface area (Å²) in [6.45, 7) is 5.95. The second-order valence-corrected chi connectivity index (χ2v) is 3.78. The summed E-state index contributed by atoms with van der Waals surface area (Å²) in [7, 11) is 1.63. The van der Waals surface area contributed by atoms with Crippen molar-refractivity contribution in [2.24, 2.45) is 0 Å². The van der Waals surface area contributed by atoms with Gasteiger partial charge in [0.1, 0.15) is 11.5 Å². The van der Waals surface area contributed by atoms with Crippen LogP contribution in [0.2, 0.25) is 0 Å². The molecule has 0 N–H and O–H groups in total. The molecule has 0 aromatic heterocycles. The number of carbonyl (C=O) groups is 1. The van der Waals surface area contributed by atoms with Crippen LogP contribution in [0.1, 0.15) is 18.9 Å². The molecule has 0 amide bonds. The molecule has 0 aliphatic rings. The molecule has 0 aliphatic heterocycles. The van der Waals surface area contributed by atoms with E-state index in [2.05, 4.69) is 6.58 Å². The summed E-state index contributed by atoms with van der Waals surface area (Å²) in [5.41, 5.74) is 1.06. The second kappa shape index (κ2) is 7.50. The van der Waals surface area contributed by atoms with E-state index in [1.165, 1.54) is 6.92 Å². The molecule has 0 aliphatic carbocycles. The first-order valence-corrected chi connectivity index (χ1v) is 5.68. The highest BCUT2D eigenvalue weighted by molar-refractivity contribution is 5.67. The van der Waals surface area contributed by atoms with Crippen molar-refractivity contribution >= 4 is 5.97 Å². The Bertz CT molecular complexity index is 395. The number of carbonyl (C=O) groups excluding carboxylic acids is 1. The van der Waals surface area contributed by atoms with E-state index in [1.54, 1.807) is 7.11 Å². The van der Waals surface area contributed by atoms with Gasteiger partial charge in [0.05, 0.1) is 20.3 Å². The van der Waals surface area contributed by atoms with E-state index in [0.29, 0.717) is 25.4 Å². The monoisotopic (exact) mass is 250 g/mol. The summed E-state index contributed by atoms with van der Waals surface area (Å²) in [5, 5.41) is 0. The van der Waals surface area contributed by atoms with E-state index in [9.17, 15) is 4.79 Å². The summed E-state index contributed by atoms with van der Waals surface area (Å²) >= 11 is 0. The molecule has 4 nitrogen and oxygen atoms in total. The van der Waals surface area contributed by atoms with Crippen LogP contribution < -0.4 is 4.74 Å². The number of methoxy groups -OCH3 is 1. The van der Waals surface area contributed by atoms with Crippen LogP contribution in [0.5, 0.6) is 5.75 Å². The number of benzene rings is 1. The number of rotatable bonds is 7. The van der Waals surface area contributed by atoms with Crippen LogP contribution in [-0.4, -0.2) is 19.7 Å². The Morgan fingerprint density at radius 3 is 2.50 bits per heavy atom. The average Bonchev–Trinajstić information content (AvgIpc) is 2.34. The maximum atomic E-state index is 10.6. The Morgan fingerprint density at radius 2 is 1.94 bits per heavy atom. The van der Waals surface area contributed by atoms with Crippen molar-refractivity contribution in [1.29, 1.82) is 0 Å². The molecule has 98 valence electrons. The maximum Gasteiger partial charge on any atom is 0.307 e. The Hall–Kier alpha value is -1.81. The summed E-state index contributed by atoms with van der Waals surface area (Å²) in [5.74, 6) is 0.898. The Balaban J connectivity index is 2.21. The number of hydrogen-bond donors (Lipinski definition) is 0. The van der Waals surface area contributed by atoms with Gasteiger partial charge < -0.3 is 14.2 Å². The molecule has 0 radical (unpaired) electrons. The van der Waals surface area contributed by atoms with Crippen LogP contribution in [0.15, 0.2) is 36.6 Å². The van der Waals surface area contributed by atoms with Crippen molar-refractivity contribution in [3.8, 4) is 5.75 Å². The van der Waals surface area contributed by atoms with E-state index in [1.807, 2.05) is 24.3 Å². The first-order valence-electron chi connectivity index (χ1n) is 5.68. The van der Waals surface area contributed by atoms with E-state index in [0.717, 1.165) is 11.3 Å². The molecule has 0 saturated heterocycles. The van der Waals surface area contributed by atoms with Crippen LogP contribution in [0.4, 0.5) is 0 Å². The van der Waals surface area contributed by atoms with E-state index < -0.39 is 0 Å². The molecule has 1 aromatic carbocycles. The van der Waals surface area contributed by atoms with Crippen LogP contribution >= 0.6 is 0 Å². The van der Waals surface area contributed by atoms with Gasteiger partial charge in [0.25, 0.3) is 0 Å². The SMILES string of the molecule is C=C(CCOCc1ccc(OC)cc1)OC(C)=O. The van der Waals surface area contributed by atoms with Crippen molar-refractivity contribution in [1.82, 2.24) is 0 Å². The molecule has 0 spiro atoms. The fraction of sp³-hybridized carbons (Fsp3) is 0.357. The quantitative estimate of drug-likeness (QED) is 0.424. The largest absolute Gasteiger partial charge is 0.497 e. The number of ether oxygens (including phenoxy) is 3. The van der Waals surface area contributed by atoms with Crippen molar-refractivity contribution < 1.29 is 19.0 Å². The lowest BCUT2D eigenvalue weighted by Gasteiger charge is -2.07. The summed E-state index contributed by atoms with van der Waals surface area (Å²) in [4.78, 5) is 10.6. The van der Waals surface area contributed by atoms with Crippen molar-refractivity contribution in [3.63, 3.8) is 0 Å². The van der Waals surface area contributed by atoms with Gasteiger partial charge in [-0.05, 0) is 17.7 Å². The third kappa shape index (κ3) is 5.50. The molecular formula is C14H18O4. The average molecular weight is 250 g/mol. The van der Waals surface area contributed by atoms with Gasteiger partial charge >= 0.3 is 5.97 Å². The summed E-state index contributed by atoms with van der Waals surface area (Å²) in [6.07, 6.45) is 0.510. The minimum atomic E-state index is -0.352. The standard InChI is InChI=1S/C14H18O4/c1-11(18-12(2)15)8-9-17-10-13-4-6-14(16-3)7-5-13/h4-7H,1,8-10H2,2-3H3. The van der Waals surface area contributed by atoms with Gasteiger partial charge in [-0.25, -0.2) is 0 Å². The van der Waals surface area contributed by atoms with Crippen LogP contribution in [0.25, 0.3) is 0 Å². The lowest BCUT2D eigenvalue weighted by Crippen LogP contribution is -2.02. The van der Waals surface area contributed by atoms with Crippen LogP contribution in [0, 0.1) is 0 Å². The molecule has 0 saturated carbocycles. The second-order valence-electron chi connectivity index (χ2n) is 3.78. The smallest absolute Gasteiger partial charge is 0.307 e. The third-order valence-electron chi connectivity index (χ3n) is 2.24. The topological polar surface area (TPSA) is 44.8 Å². The molecule has 4 heteroatoms. The van der Waals surface area contributed by atoms with Crippen molar-refractivity contribution in [2.45, 2.75) is 20.0 Å². The van der Waals surface area contributed by atoms with E-state index in [4.69, 9.17) is 14.2 Å². The predicted octanol–water partition coefficient (Wildman–Crippen LogP) is 2.68. The lowest BCUT2D eigenvalue weighted by molar-refractivity contribution is -0.137. The van der Waals surface area contributed by atoms with Gasteiger partial charge in [-0.2, -0.15) is 0 Å². The molecule has 0 heterocycles. The van der Waals surface area contributed by atoms with Gasteiger partial charge in [-0.1, -0.05) is 18.7 Å². The van der Waals surface area contributed by atoms with Crippen molar-refractivity contribution in [3.05, 3.63) is 42.2 Å². The van der Waals surface area contributed by atoms with Crippen LogP contribution in [0.3, 0.4) is 0 Å². The molecule has 0 fully saturated rings. The zero-order chi connectivity index (χ0) is 13.4. The molecule has 0 bridgehead atoms. The maximum absolute atomic E-state index is 10.6. The highest BCUT2D eigenvalue weighted by atomic mass is 16.5.